The molecule has 1 aliphatic rings. The molecule has 2 N–H and O–H groups in total. The van der Waals surface area contributed by atoms with Crippen molar-refractivity contribution in [1.29, 1.82) is 0 Å². The van der Waals surface area contributed by atoms with Crippen LogP contribution in [-0.4, -0.2) is 61.1 Å². The van der Waals surface area contributed by atoms with Crippen LogP contribution in [0, 0.1) is 6.92 Å². The Morgan fingerprint density at radius 3 is 2.38 bits per heavy atom. The lowest BCUT2D eigenvalue weighted by Crippen LogP contribution is -2.47. The molecular formula is C29H30ClN5O4S. The average Bonchev–Trinajstić information content (AvgIpc) is 3.25. The van der Waals surface area contributed by atoms with E-state index in [9.17, 15) is 18.0 Å². The zero-order valence-electron chi connectivity index (χ0n) is 22.0. The SMILES string of the molecule is Cc1ccccc1-n1c(-c2ccccc2)c(C(=O)N2CCNCC2)n(CCNS(=O)(=O)c2cccc(Cl)c2)c1=O. The molecule has 1 amide bonds. The van der Waals surface area contributed by atoms with E-state index in [0.717, 1.165) is 5.56 Å². The van der Waals surface area contributed by atoms with Crippen LogP contribution in [0.2, 0.25) is 5.02 Å². The van der Waals surface area contributed by atoms with Crippen molar-refractivity contribution in [3.63, 3.8) is 0 Å². The molecule has 0 aliphatic carbocycles. The molecule has 4 aromatic rings. The fourth-order valence-corrected chi connectivity index (χ4v) is 6.22. The van der Waals surface area contributed by atoms with E-state index in [1.54, 1.807) is 21.6 Å². The second kappa shape index (κ2) is 11.8. The highest BCUT2D eigenvalue weighted by atomic mass is 35.5. The van der Waals surface area contributed by atoms with Gasteiger partial charge in [0.15, 0.2) is 0 Å². The fraction of sp³-hybridized carbons (Fsp3) is 0.241. The molecule has 2 heterocycles. The number of imidazole rings is 1. The Morgan fingerprint density at radius 2 is 1.68 bits per heavy atom. The Labute approximate surface area is 238 Å². The molecular weight excluding hydrogens is 550 g/mol. The van der Waals surface area contributed by atoms with Crippen molar-refractivity contribution in [3.8, 4) is 16.9 Å². The summed E-state index contributed by atoms with van der Waals surface area (Å²) in [4.78, 5) is 30.0. The lowest BCUT2D eigenvalue weighted by molar-refractivity contribution is 0.0725. The third-order valence-corrected chi connectivity index (χ3v) is 8.58. The van der Waals surface area contributed by atoms with Crippen LogP contribution in [0.1, 0.15) is 16.1 Å². The number of halogens is 1. The molecule has 1 fully saturated rings. The summed E-state index contributed by atoms with van der Waals surface area (Å²) < 4.78 is 31.4. The number of rotatable bonds is 8. The standard InChI is InChI=1S/C29H30ClN5O4S/c1-21-8-5-6-13-25(21)35-26(22-9-3-2-4-10-22)27(28(36)33-17-14-31-15-18-33)34(29(35)37)19-16-32-40(38,39)24-12-7-11-23(30)20-24/h2-13,20,31-32H,14-19H2,1H3. The van der Waals surface area contributed by atoms with E-state index in [2.05, 4.69) is 10.0 Å². The molecule has 0 saturated carbocycles. The number of sulfonamides is 1. The van der Waals surface area contributed by atoms with E-state index in [-0.39, 0.29) is 29.6 Å². The number of nitrogens with zero attached hydrogens (tertiary/aromatic N) is 3. The van der Waals surface area contributed by atoms with Crippen LogP contribution in [0.5, 0.6) is 0 Å². The number of amides is 1. The highest BCUT2D eigenvalue weighted by Crippen LogP contribution is 2.29. The van der Waals surface area contributed by atoms with Crippen LogP contribution in [-0.2, 0) is 16.6 Å². The molecule has 0 radical (unpaired) electrons. The molecule has 1 aliphatic heterocycles. The number of hydrogen-bond acceptors (Lipinski definition) is 5. The predicted molar refractivity (Wildman–Crippen MR) is 156 cm³/mol. The summed E-state index contributed by atoms with van der Waals surface area (Å²) in [6, 6.07) is 22.8. The zero-order chi connectivity index (χ0) is 28.3. The van der Waals surface area contributed by atoms with Gasteiger partial charge in [0.25, 0.3) is 5.91 Å². The van der Waals surface area contributed by atoms with Crippen LogP contribution >= 0.6 is 11.6 Å². The molecule has 0 unspecified atom stereocenters. The summed E-state index contributed by atoms with van der Waals surface area (Å²) in [7, 11) is -3.89. The lowest BCUT2D eigenvalue weighted by Gasteiger charge is -2.28. The first-order valence-corrected chi connectivity index (χ1v) is 14.9. The van der Waals surface area contributed by atoms with Gasteiger partial charge in [0, 0.05) is 49.9 Å². The van der Waals surface area contributed by atoms with Gasteiger partial charge in [-0.15, -0.1) is 0 Å². The van der Waals surface area contributed by atoms with Gasteiger partial charge in [-0.05, 0) is 36.8 Å². The quantitative estimate of drug-likeness (QED) is 0.333. The van der Waals surface area contributed by atoms with E-state index in [1.165, 1.54) is 16.7 Å². The van der Waals surface area contributed by atoms with Gasteiger partial charge < -0.3 is 10.2 Å². The van der Waals surface area contributed by atoms with Gasteiger partial charge in [0.05, 0.1) is 16.3 Å². The highest BCUT2D eigenvalue weighted by molar-refractivity contribution is 7.89. The topological polar surface area (TPSA) is 105 Å². The Bertz CT molecular complexity index is 1690. The Hall–Kier alpha value is -3.70. The molecule has 9 nitrogen and oxygen atoms in total. The largest absolute Gasteiger partial charge is 0.335 e. The summed E-state index contributed by atoms with van der Waals surface area (Å²) in [6.07, 6.45) is 0. The molecule has 1 aromatic heterocycles. The lowest BCUT2D eigenvalue weighted by atomic mass is 10.1. The molecule has 0 atom stereocenters. The van der Waals surface area contributed by atoms with Crippen molar-refractivity contribution in [3.05, 3.63) is 106 Å². The van der Waals surface area contributed by atoms with E-state index < -0.39 is 15.7 Å². The molecule has 11 heteroatoms. The minimum absolute atomic E-state index is 0.0203. The number of carbonyl (C=O) groups is 1. The molecule has 5 rings (SSSR count). The highest BCUT2D eigenvalue weighted by Gasteiger charge is 2.31. The van der Waals surface area contributed by atoms with Gasteiger partial charge in [0.2, 0.25) is 10.0 Å². The minimum Gasteiger partial charge on any atom is -0.335 e. The Balaban J connectivity index is 1.63. The first-order valence-electron chi connectivity index (χ1n) is 13.0. The van der Waals surface area contributed by atoms with Crippen molar-refractivity contribution in [1.82, 2.24) is 24.1 Å². The maximum Gasteiger partial charge on any atom is 0.333 e. The van der Waals surface area contributed by atoms with Crippen LogP contribution in [0.15, 0.2) is 88.6 Å². The van der Waals surface area contributed by atoms with Gasteiger partial charge in [-0.1, -0.05) is 66.2 Å². The second-order valence-corrected chi connectivity index (χ2v) is 11.7. The average molecular weight is 580 g/mol. The summed E-state index contributed by atoms with van der Waals surface area (Å²) in [5.41, 5.74) is 2.50. The summed E-state index contributed by atoms with van der Waals surface area (Å²) >= 11 is 5.99. The Morgan fingerprint density at radius 1 is 0.975 bits per heavy atom. The van der Waals surface area contributed by atoms with E-state index in [0.29, 0.717) is 48.1 Å². The maximum absolute atomic E-state index is 14.1. The van der Waals surface area contributed by atoms with Crippen LogP contribution < -0.4 is 15.7 Å². The molecule has 0 bridgehead atoms. The van der Waals surface area contributed by atoms with E-state index in [1.807, 2.05) is 61.5 Å². The smallest absolute Gasteiger partial charge is 0.333 e. The molecule has 40 heavy (non-hydrogen) atoms. The zero-order valence-corrected chi connectivity index (χ0v) is 23.6. The number of piperazine rings is 1. The van der Waals surface area contributed by atoms with E-state index >= 15 is 0 Å². The minimum atomic E-state index is -3.89. The van der Waals surface area contributed by atoms with Crippen molar-refractivity contribution in [2.75, 3.05) is 32.7 Å². The second-order valence-electron chi connectivity index (χ2n) is 9.52. The Kier molecular flexibility index (Phi) is 8.22. The molecule has 1 saturated heterocycles. The van der Waals surface area contributed by atoms with Gasteiger partial charge in [0.1, 0.15) is 5.69 Å². The monoisotopic (exact) mass is 579 g/mol. The van der Waals surface area contributed by atoms with Gasteiger partial charge in [-0.2, -0.15) is 0 Å². The normalized spacial score (nSPS) is 13.9. The van der Waals surface area contributed by atoms with Crippen molar-refractivity contribution >= 4 is 27.5 Å². The first kappa shape index (κ1) is 27.9. The van der Waals surface area contributed by atoms with Crippen LogP contribution in [0.25, 0.3) is 16.9 Å². The summed E-state index contributed by atoms with van der Waals surface area (Å²) in [5.74, 6) is -0.275. The predicted octanol–water partition coefficient (Wildman–Crippen LogP) is 3.29. The fourth-order valence-electron chi connectivity index (χ4n) is 4.90. The maximum atomic E-state index is 14.1. The molecule has 0 spiro atoms. The van der Waals surface area contributed by atoms with Crippen molar-refractivity contribution in [2.45, 2.75) is 18.4 Å². The number of hydrogen-bond donors (Lipinski definition) is 2. The molecule has 3 aromatic carbocycles. The number of nitrogens with one attached hydrogen (secondary N) is 2. The summed E-state index contributed by atoms with van der Waals surface area (Å²) in [5, 5.41) is 3.55. The number of aryl methyl sites for hydroxylation is 1. The van der Waals surface area contributed by atoms with Gasteiger partial charge in [-0.25, -0.2) is 17.9 Å². The van der Waals surface area contributed by atoms with Crippen molar-refractivity contribution in [2.24, 2.45) is 0 Å². The first-order chi connectivity index (χ1) is 19.3. The van der Waals surface area contributed by atoms with Gasteiger partial charge in [-0.3, -0.25) is 13.9 Å². The third kappa shape index (κ3) is 5.62. The summed E-state index contributed by atoms with van der Waals surface area (Å²) in [6.45, 7) is 4.04. The molecule has 208 valence electrons. The van der Waals surface area contributed by atoms with Crippen molar-refractivity contribution < 1.29 is 13.2 Å². The number of carbonyl (C=O) groups excluding carboxylic acids is 1. The van der Waals surface area contributed by atoms with E-state index in [4.69, 9.17) is 11.6 Å². The number of benzene rings is 3. The number of aromatic nitrogens is 2. The van der Waals surface area contributed by atoms with Crippen LogP contribution in [0.3, 0.4) is 0 Å². The third-order valence-electron chi connectivity index (χ3n) is 6.88. The van der Waals surface area contributed by atoms with Gasteiger partial charge >= 0.3 is 5.69 Å². The number of para-hydroxylation sites is 1. The van der Waals surface area contributed by atoms with Crippen LogP contribution in [0.4, 0.5) is 0 Å².